The van der Waals surface area contributed by atoms with Gasteiger partial charge in [-0.2, -0.15) is 5.10 Å². The van der Waals surface area contributed by atoms with Crippen LogP contribution in [0.1, 0.15) is 17.4 Å². The van der Waals surface area contributed by atoms with Gasteiger partial charge in [-0.05, 0) is 22.9 Å². The average molecular weight is 302 g/mol. The zero-order valence-corrected chi connectivity index (χ0v) is 10.8. The molecule has 5 nitrogen and oxygen atoms in total. The maximum absolute atomic E-state index is 11.4. The number of carbonyl (C=O) groups excluding carboxylic acids is 1. The summed E-state index contributed by atoms with van der Waals surface area (Å²) in [7, 11) is 0. The summed E-state index contributed by atoms with van der Waals surface area (Å²) in [5, 5.41) is 9.08. The minimum Gasteiger partial charge on any atom is -0.461 e. The zero-order chi connectivity index (χ0) is 11.5. The first-order valence-electron chi connectivity index (χ1n) is 4.54. The third-order valence-electron chi connectivity index (χ3n) is 1.79. The number of nitrogens with zero attached hydrogens (tertiary/aromatic N) is 2. The topological polar surface area (TPSA) is 67.9 Å². The van der Waals surface area contributed by atoms with Crippen molar-refractivity contribution in [2.75, 3.05) is 6.61 Å². The van der Waals surface area contributed by atoms with Crippen molar-refractivity contribution in [3.05, 3.63) is 21.7 Å². The van der Waals surface area contributed by atoms with Crippen molar-refractivity contribution < 1.29 is 9.53 Å². The van der Waals surface area contributed by atoms with Crippen molar-refractivity contribution in [3.8, 4) is 10.7 Å². The number of halogens is 1. The van der Waals surface area contributed by atoms with Crippen LogP contribution in [0.25, 0.3) is 10.7 Å². The highest BCUT2D eigenvalue weighted by Gasteiger charge is 2.15. The van der Waals surface area contributed by atoms with Crippen molar-refractivity contribution in [1.29, 1.82) is 0 Å². The van der Waals surface area contributed by atoms with E-state index in [-0.39, 0.29) is 0 Å². The van der Waals surface area contributed by atoms with E-state index in [9.17, 15) is 4.79 Å². The van der Waals surface area contributed by atoms with Crippen molar-refractivity contribution in [2.24, 2.45) is 0 Å². The Hall–Kier alpha value is -1.21. The monoisotopic (exact) mass is 301 g/mol. The van der Waals surface area contributed by atoms with Gasteiger partial charge in [-0.1, -0.05) is 0 Å². The van der Waals surface area contributed by atoms with Crippen LogP contribution in [0.4, 0.5) is 0 Å². The number of ether oxygens (including phenoxy) is 1. The summed E-state index contributed by atoms with van der Waals surface area (Å²) < 4.78 is 5.67. The molecule has 16 heavy (non-hydrogen) atoms. The molecule has 0 saturated heterocycles. The molecule has 0 aromatic carbocycles. The van der Waals surface area contributed by atoms with E-state index < -0.39 is 5.97 Å². The summed E-state index contributed by atoms with van der Waals surface area (Å²) in [4.78, 5) is 15.6. The fourth-order valence-electron chi connectivity index (χ4n) is 1.11. The molecule has 0 radical (unpaired) electrons. The highest BCUT2D eigenvalue weighted by atomic mass is 79.9. The maximum Gasteiger partial charge on any atom is 0.357 e. The number of aromatic amines is 1. The number of H-pyrrole nitrogens is 1. The normalized spacial score (nSPS) is 10.4. The second-order valence-electron chi connectivity index (χ2n) is 2.84. The number of nitrogens with one attached hydrogen (secondary N) is 1. The first kappa shape index (κ1) is 11.3. The summed E-state index contributed by atoms with van der Waals surface area (Å²) in [6, 6.07) is 0. The minimum absolute atomic E-state index is 0.316. The number of rotatable bonds is 3. The summed E-state index contributed by atoms with van der Waals surface area (Å²) in [6.45, 7) is 2.10. The van der Waals surface area contributed by atoms with E-state index in [1.54, 1.807) is 18.5 Å². The van der Waals surface area contributed by atoms with Gasteiger partial charge in [0.1, 0.15) is 10.7 Å². The maximum atomic E-state index is 11.4. The molecule has 2 rings (SSSR count). The lowest BCUT2D eigenvalue weighted by Crippen LogP contribution is -2.04. The molecule has 1 N–H and O–H groups in total. The molecule has 0 unspecified atom stereocenters. The van der Waals surface area contributed by atoms with Crippen LogP contribution in [-0.4, -0.2) is 27.8 Å². The molecular weight excluding hydrogens is 294 g/mol. The van der Waals surface area contributed by atoms with Gasteiger partial charge in [0.2, 0.25) is 0 Å². The molecule has 0 bridgehead atoms. The Balaban J connectivity index is 2.26. The lowest BCUT2D eigenvalue weighted by atomic mass is 10.4. The molecule has 0 aliphatic carbocycles. The zero-order valence-electron chi connectivity index (χ0n) is 8.36. The Morgan fingerprint density at radius 1 is 1.69 bits per heavy atom. The molecule has 0 saturated carbocycles. The van der Waals surface area contributed by atoms with Gasteiger partial charge in [-0.3, -0.25) is 5.10 Å². The Labute approximate surface area is 104 Å². The van der Waals surface area contributed by atoms with Crippen molar-refractivity contribution in [2.45, 2.75) is 6.92 Å². The van der Waals surface area contributed by atoms with E-state index in [1.807, 2.05) is 0 Å². The number of hydrogen-bond donors (Lipinski definition) is 1. The Morgan fingerprint density at radius 3 is 3.12 bits per heavy atom. The van der Waals surface area contributed by atoms with Gasteiger partial charge in [0, 0.05) is 11.6 Å². The standard InChI is InChI=1S/C9H8BrN3O2S/c1-2-15-9(14)6-4-16-8(12-6)7-5(10)3-11-13-7/h3-4H,2H2,1H3,(H,11,13). The molecule has 0 aliphatic heterocycles. The molecule has 0 spiro atoms. The molecule has 7 heteroatoms. The highest BCUT2D eigenvalue weighted by Crippen LogP contribution is 2.28. The number of aromatic nitrogens is 3. The summed E-state index contributed by atoms with van der Waals surface area (Å²) in [5.41, 5.74) is 1.01. The Bertz CT molecular complexity index is 508. The van der Waals surface area contributed by atoms with Crippen molar-refractivity contribution in [3.63, 3.8) is 0 Å². The van der Waals surface area contributed by atoms with E-state index >= 15 is 0 Å². The van der Waals surface area contributed by atoms with Crippen LogP contribution >= 0.6 is 27.3 Å². The fourth-order valence-corrected chi connectivity index (χ4v) is 2.41. The van der Waals surface area contributed by atoms with Crippen LogP contribution in [-0.2, 0) is 4.74 Å². The van der Waals surface area contributed by atoms with Crippen LogP contribution in [0.15, 0.2) is 16.0 Å². The Morgan fingerprint density at radius 2 is 2.50 bits per heavy atom. The van der Waals surface area contributed by atoms with Gasteiger partial charge in [0.15, 0.2) is 5.69 Å². The number of thiazole rings is 1. The van der Waals surface area contributed by atoms with E-state index in [0.29, 0.717) is 23.0 Å². The first-order valence-corrected chi connectivity index (χ1v) is 6.22. The largest absolute Gasteiger partial charge is 0.461 e. The quantitative estimate of drug-likeness (QED) is 0.884. The smallest absolute Gasteiger partial charge is 0.357 e. The molecule has 2 heterocycles. The third kappa shape index (κ3) is 2.14. The lowest BCUT2D eigenvalue weighted by molar-refractivity contribution is 0.0520. The van der Waals surface area contributed by atoms with E-state index in [4.69, 9.17) is 4.74 Å². The Kier molecular flexibility index (Phi) is 3.35. The van der Waals surface area contributed by atoms with Gasteiger partial charge >= 0.3 is 5.97 Å². The lowest BCUT2D eigenvalue weighted by Gasteiger charge is -1.95. The number of carbonyl (C=O) groups is 1. The first-order chi connectivity index (χ1) is 7.72. The van der Waals surface area contributed by atoms with Crippen LogP contribution in [0.5, 0.6) is 0 Å². The van der Waals surface area contributed by atoms with Gasteiger partial charge in [0.05, 0.1) is 11.1 Å². The average Bonchev–Trinajstić information content (AvgIpc) is 2.86. The molecule has 0 aliphatic rings. The third-order valence-corrected chi connectivity index (χ3v) is 3.24. The molecule has 2 aromatic rings. The molecule has 2 aromatic heterocycles. The van der Waals surface area contributed by atoms with Gasteiger partial charge in [-0.15, -0.1) is 11.3 Å². The summed E-state index contributed by atoms with van der Waals surface area (Å²) >= 11 is 4.69. The van der Waals surface area contributed by atoms with Gasteiger partial charge in [0.25, 0.3) is 0 Å². The van der Waals surface area contributed by atoms with Crippen LogP contribution in [0, 0.1) is 0 Å². The van der Waals surface area contributed by atoms with Gasteiger partial charge < -0.3 is 4.74 Å². The van der Waals surface area contributed by atoms with Crippen LogP contribution < -0.4 is 0 Å². The number of esters is 1. The summed E-state index contributed by atoms with van der Waals surface area (Å²) in [5.74, 6) is -0.406. The predicted molar refractivity (Wildman–Crippen MR) is 63.4 cm³/mol. The highest BCUT2D eigenvalue weighted by molar-refractivity contribution is 9.10. The molecule has 84 valence electrons. The van der Waals surface area contributed by atoms with Crippen LogP contribution in [0.3, 0.4) is 0 Å². The molecular formula is C9H8BrN3O2S. The fraction of sp³-hybridized carbons (Fsp3) is 0.222. The summed E-state index contributed by atoms with van der Waals surface area (Å²) in [6.07, 6.45) is 1.71. The van der Waals surface area contributed by atoms with Crippen LogP contribution in [0.2, 0.25) is 0 Å². The van der Waals surface area contributed by atoms with E-state index in [1.165, 1.54) is 11.3 Å². The second-order valence-corrected chi connectivity index (χ2v) is 4.55. The second kappa shape index (κ2) is 4.75. The predicted octanol–water partition coefficient (Wildman–Crippen LogP) is 2.47. The minimum atomic E-state index is -0.406. The SMILES string of the molecule is CCOC(=O)c1csc(-c2n[nH]cc2Br)n1. The van der Waals surface area contributed by atoms with E-state index in [2.05, 4.69) is 31.1 Å². The van der Waals surface area contributed by atoms with Crippen molar-refractivity contribution in [1.82, 2.24) is 15.2 Å². The van der Waals surface area contributed by atoms with Crippen molar-refractivity contribution >= 4 is 33.2 Å². The molecule has 0 amide bonds. The van der Waals surface area contributed by atoms with Gasteiger partial charge in [-0.25, -0.2) is 9.78 Å². The molecule has 0 atom stereocenters. The molecule has 0 fully saturated rings. The number of hydrogen-bond acceptors (Lipinski definition) is 5. The van der Waals surface area contributed by atoms with E-state index in [0.717, 1.165) is 4.47 Å².